The lowest BCUT2D eigenvalue weighted by atomic mass is 9.92. The Morgan fingerprint density at radius 1 is 0.310 bits per heavy atom. The number of hydroxylamine groups is 2. The third-order valence-corrected chi connectivity index (χ3v) is 13.1. The maximum atomic E-state index is 12.3. The minimum atomic E-state index is -0.419. The predicted molar refractivity (Wildman–Crippen MR) is 331 cm³/mol. The molecule has 0 aromatic carbocycles. The van der Waals surface area contributed by atoms with E-state index in [4.69, 9.17) is 19.9 Å². The zero-order valence-electron chi connectivity index (χ0n) is 55.4. The number of hydrogen-bond acceptors (Lipinski definition) is 14. The minimum absolute atomic E-state index is 0. The summed E-state index contributed by atoms with van der Waals surface area (Å²) in [6, 6.07) is 0.312. The molecule has 0 radical (unpaired) electrons. The molecule has 24 nitrogen and oxygen atoms in total. The molecule has 12 N–H and O–H groups in total. The van der Waals surface area contributed by atoms with Crippen LogP contribution in [0.15, 0.2) is 0 Å². The van der Waals surface area contributed by atoms with Gasteiger partial charge in [0.2, 0.25) is 59.1 Å². The fourth-order valence-electron chi connectivity index (χ4n) is 8.21. The van der Waals surface area contributed by atoms with Crippen molar-refractivity contribution in [2.45, 2.75) is 240 Å². The van der Waals surface area contributed by atoms with E-state index in [0.29, 0.717) is 64.2 Å². The number of nitrogens with one attached hydrogen (secondary N) is 10. The molecule has 0 saturated heterocycles. The average molecular weight is 1210 g/mol. The number of carbonyl (C=O) groups is 10. The Morgan fingerprint density at radius 2 is 0.488 bits per heavy atom. The summed E-state index contributed by atoms with van der Waals surface area (Å²) in [5, 5.41) is 38.1. The Bertz CT molecular complexity index is 1690. The summed E-state index contributed by atoms with van der Waals surface area (Å²) in [4.78, 5) is 131. The molecule has 496 valence electrons. The van der Waals surface area contributed by atoms with Gasteiger partial charge in [0.1, 0.15) is 20.2 Å². The molecule has 0 spiro atoms. The number of carbonyl (C=O) groups excluding carboxylic acids is 10. The van der Waals surface area contributed by atoms with Gasteiger partial charge < -0.3 is 52.7 Å². The summed E-state index contributed by atoms with van der Waals surface area (Å²) in [6.45, 7) is 38.6. The van der Waals surface area contributed by atoms with Gasteiger partial charge >= 0.3 is 0 Å². The molecule has 0 aliphatic rings. The van der Waals surface area contributed by atoms with Crippen molar-refractivity contribution in [1.82, 2.24) is 53.5 Å². The van der Waals surface area contributed by atoms with Gasteiger partial charge in [-0.25, -0.2) is 11.0 Å². The van der Waals surface area contributed by atoms with Gasteiger partial charge in [0, 0.05) is 98.8 Å². The normalized spacial score (nSPS) is 14.5. The second-order valence-electron chi connectivity index (χ2n) is 23.1. The van der Waals surface area contributed by atoms with Gasteiger partial charge in [0.05, 0.1) is 0 Å². The van der Waals surface area contributed by atoms with Crippen molar-refractivity contribution in [2.75, 3.05) is 26.8 Å². The number of hydrogen-bond donors (Lipinski definition) is 12. The molecule has 0 fully saturated rings. The van der Waals surface area contributed by atoms with Crippen molar-refractivity contribution in [3.63, 3.8) is 0 Å². The van der Waals surface area contributed by atoms with Crippen molar-refractivity contribution in [2.24, 2.45) is 59.2 Å². The van der Waals surface area contributed by atoms with Gasteiger partial charge in [-0.1, -0.05) is 69.2 Å². The van der Waals surface area contributed by atoms with Crippen molar-refractivity contribution < 1.29 is 70.7 Å². The van der Waals surface area contributed by atoms with Crippen LogP contribution in [-0.2, 0) is 57.6 Å². The van der Waals surface area contributed by atoms with Gasteiger partial charge in [0.15, 0.2) is 0 Å². The molecule has 0 saturated carbocycles. The highest BCUT2D eigenvalue weighted by Gasteiger charge is 2.28. The van der Waals surface area contributed by atoms with Crippen molar-refractivity contribution in [1.29, 1.82) is 0 Å². The summed E-state index contributed by atoms with van der Waals surface area (Å²) in [5.41, 5.74) is 4.66. The van der Waals surface area contributed by atoms with E-state index in [9.17, 15) is 47.9 Å². The van der Waals surface area contributed by atoms with Crippen LogP contribution in [0, 0.1) is 59.2 Å². The van der Waals surface area contributed by atoms with Gasteiger partial charge in [0.25, 0.3) is 0 Å². The molecule has 10 atom stereocenters. The van der Waals surface area contributed by atoms with Crippen LogP contribution < -0.4 is 53.5 Å². The van der Waals surface area contributed by atoms with Crippen LogP contribution >= 0.6 is 0 Å². The molecule has 0 rings (SSSR count). The van der Waals surface area contributed by atoms with Gasteiger partial charge in [-0.3, -0.25) is 57.6 Å². The first-order valence-electron chi connectivity index (χ1n) is 30.6. The Labute approximate surface area is 507 Å². The molecule has 0 aromatic rings. The van der Waals surface area contributed by atoms with Crippen LogP contribution in [0.1, 0.15) is 212 Å². The Balaban J connectivity index is -0.000000281. The van der Waals surface area contributed by atoms with Gasteiger partial charge in [-0.15, -0.1) is 0 Å². The molecule has 84 heavy (non-hydrogen) atoms. The van der Waals surface area contributed by atoms with Crippen LogP contribution in [0.4, 0.5) is 0 Å². The quantitative estimate of drug-likeness (QED) is 0.0203. The van der Waals surface area contributed by atoms with E-state index >= 15 is 0 Å². The van der Waals surface area contributed by atoms with Crippen molar-refractivity contribution >= 4 is 59.1 Å². The van der Waals surface area contributed by atoms with Crippen LogP contribution in [0.3, 0.4) is 0 Å². The third-order valence-electron chi connectivity index (χ3n) is 13.1. The highest BCUT2D eigenvalue weighted by Crippen LogP contribution is 2.21. The standard InChI is InChI=1S/2C23H44N4O5.C12H24N2O3.C2H6O.2H2/c2*1-9-18(22(30)25-14(3)4)11-16(7)20(28)24-13-32-27-21(29)17(8)12-19(10-2)23(31)26-15(5)6;1-5-10(12(17)14-8(2)3)6-9(4)11(16)13-7-15;1-2-3;;/h2*14-19H,9-13H2,1-8H3,(H,24,28)(H,25,30)(H,26,31)(H,27,29);8-10,15H,5-7H2,1-4H3,(H,13,16)(H,14,17);3H,2H2,1H3;2*1H/i;;;;2*1+1. The molecular weight excluding hydrogens is 1080 g/mol. The van der Waals surface area contributed by atoms with E-state index in [0.717, 1.165) is 0 Å². The molecule has 0 aliphatic carbocycles. The Kier molecular flexibility index (Phi) is 50.4. The van der Waals surface area contributed by atoms with Crippen LogP contribution in [0.2, 0.25) is 0 Å². The first-order chi connectivity index (χ1) is 39.2. The molecule has 10 unspecified atom stereocenters. The van der Waals surface area contributed by atoms with E-state index in [1.54, 1.807) is 41.5 Å². The summed E-state index contributed by atoms with van der Waals surface area (Å²) in [6.07, 6.45) is 5.45. The summed E-state index contributed by atoms with van der Waals surface area (Å²) in [7, 11) is 0. The van der Waals surface area contributed by atoms with E-state index in [2.05, 4.69) is 53.5 Å². The Morgan fingerprint density at radius 3 is 0.655 bits per heavy atom. The fraction of sp³-hybridized carbons (Fsp3) is 0.833. The lowest BCUT2D eigenvalue weighted by Gasteiger charge is -2.21. The largest absolute Gasteiger partial charge is 0.397 e. The highest BCUT2D eigenvalue weighted by molar-refractivity contribution is 5.85. The van der Waals surface area contributed by atoms with E-state index in [1.807, 2.05) is 104 Å². The number of amides is 10. The smallest absolute Gasteiger partial charge is 0.246 e. The molecule has 0 aromatic heterocycles. The lowest BCUT2D eigenvalue weighted by Crippen LogP contribution is -2.40. The van der Waals surface area contributed by atoms with Crippen molar-refractivity contribution in [3.05, 3.63) is 0 Å². The number of aliphatic hydroxyl groups is 2. The first kappa shape index (κ1) is 85.0. The summed E-state index contributed by atoms with van der Waals surface area (Å²) >= 11 is 0. The molecule has 0 heterocycles. The minimum Gasteiger partial charge on any atom is -0.397 e. The second-order valence-corrected chi connectivity index (χ2v) is 23.1. The maximum Gasteiger partial charge on any atom is 0.246 e. The molecular formula is C60H122N10O14. The fourth-order valence-corrected chi connectivity index (χ4v) is 8.21. The van der Waals surface area contributed by atoms with Crippen molar-refractivity contribution in [3.8, 4) is 0 Å². The van der Waals surface area contributed by atoms with Gasteiger partial charge in [-0.2, -0.15) is 0 Å². The zero-order valence-corrected chi connectivity index (χ0v) is 55.4. The second kappa shape index (κ2) is 49.8. The van der Waals surface area contributed by atoms with E-state index in [1.165, 1.54) is 0 Å². The third kappa shape index (κ3) is 42.4. The van der Waals surface area contributed by atoms with Gasteiger partial charge in [-0.05, 0) is 140 Å². The number of aliphatic hydroxyl groups excluding tert-OH is 2. The topological polar surface area (TPSA) is 350 Å². The summed E-state index contributed by atoms with van der Waals surface area (Å²) in [5.74, 6) is -4.63. The summed E-state index contributed by atoms with van der Waals surface area (Å²) < 4.78 is 0. The zero-order chi connectivity index (χ0) is 65.8. The molecule has 24 heteroatoms. The highest BCUT2D eigenvalue weighted by atomic mass is 16.7. The molecule has 10 amide bonds. The van der Waals surface area contributed by atoms with Crippen LogP contribution in [0.25, 0.3) is 0 Å². The molecule has 0 bridgehead atoms. The van der Waals surface area contributed by atoms with E-state index < -0.39 is 11.8 Å². The Hall–Kier alpha value is -5.46. The average Bonchev–Trinajstić information content (AvgIpc) is 3.54. The maximum absolute atomic E-state index is 12.3. The number of rotatable bonds is 37. The monoisotopic (exact) mass is 1210 g/mol. The predicted octanol–water partition coefficient (Wildman–Crippen LogP) is 5.64. The molecule has 0 aliphatic heterocycles. The lowest BCUT2D eigenvalue weighted by molar-refractivity contribution is -0.142. The first-order valence-corrected chi connectivity index (χ1v) is 30.6. The van der Waals surface area contributed by atoms with Crippen LogP contribution in [0.5, 0.6) is 0 Å². The van der Waals surface area contributed by atoms with Crippen LogP contribution in [-0.4, -0.2) is 126 Å². The SMILES string of the molecule is CCC(CC(C)C(=O)NCO)C(=O)NC(C)C.CCC(CC(C)C(=O)NCONC(=O)C(C)CC(CC)C(=O)NC(C)C)C(=O)NC(C)C.CCC(CC(C)C(=O)NCONC(=O)C(C)CC(CC)C(=O)NC(C)C)C(=O)NC(C)C.CCO.[2HH].[2HH]. The van der Waals surface area contributed by atoms with E-state index in [-0.39, 0.29) is 166 Å².